The van der Waals surface area contributed by atoms with Crippen LogP contribution in [0, 0.1) is 5.92 Å². The number of morpholine rings is 1. The number of nitrogens with one attached hydrogen (secondary N) is 1. The topological polar surface area (TPSA) is 67.6 Å². The standard InChI is InChI=1S/C17H25N3O2.2ClH/c18-15-6-5-13(11-15)17(21)19-16-4-2-1-3-14(16)12-20-7-9-22-10-8-20;;/h1-4,13,15H,5-12,18H2,(H,19,21);2*1H. The molecule has 3 rings (SSSR count). The summed E-state index contributed by atoms with van der Waals surface area (Å²) < 4.78 is 5.39. The van der Waals surface area contributed by atoms with Crippen molar-refractivity contribution in [1.29, 1.82) is 0 Å². The van der Waals surface area contributed by atoms with Crippen molar-refractivity contribution < 1.29 is 9.53 Å². The number of hydrogen-bond acceptors (Lipinski definition) is 4. The largest absolute Gasteiger partial charge is 0.379 e. The third-order valence-electron chi connectivity index (χ3n) is 4.62. The fraction of sp³-hybridized carbons (Fsp3) is 0.588. The number of rotatable bonds is 4. The number of amides is 1. The van der Waals surface area contributed by atoms with E-state index in [1.807, 2.05) is 18.2 Å². The van der Waals surface area contributed by atoms with Gasteiger partial charge in [0.05, 0.1) is 13.2 Å². The third-order valence-corrected chi connectivity index (χ3v) is 4.62. The van der Waals surface area contributed by atoms with Crippen LogP contribution < -0.4 is 11.1 Å². The van der Waals surface area contributed by atoms with Gasteiger partial charge >= 0.3 is 0 Å². The minimum atomic E-state index is 0. The first-order valence-electron chi connectivity index (χ1n) is 8.17. The molecule has 5 nitrogen and oxygen atoms in total. The zero-order valence-corrected chi connectivity index (χ0v) is 15.4. The lowest BCUT2D eigenvalue weighted by molar-refractivity contribution is -0.119. The summed E-state index contributed by atoms with van der Waals surface area (Å²) in [6, 6.07) is 8.25. The van der Waals surface area contributed by atoms with Gasteiger partial charge in [0.2, 0.25) is 5.91 Å². The molecule has 0 spiro atoms. The summed E-state index contributed by atoms with van der Waals surface area (Å²) in [5.41, 5.74) is 8.01. The lowest BCUT2D eigenvalue weighted by Crippen LogP contribution is -2.36. The third kappa shape index (κ3) is 5.60. The van der Waals surface area contributed by atoms with Gasteiger partial charge in [-0.15, -0.1) is 24.8 Å². The zero-order chi connectivity index (χ0) is 15.4. The Balaban J connectivity index is 0.00000144. The Labute approximate surface area is 156 Å². The van der Waals surface area contributed by atoms with Crippen LogP contribution in [0.15, 0.2) is 24.3 Å². The Morgan fingerprint density at radius 1 is 1.21 bits per heavy atom. The lowest BCUT2D eigenvalue weighted by Gasteiger charge is -2.27. The van der Waals surface area contributed by atoms with Gasteiger partial charge in [-0.25, -0.2) is 0 Å². The number of halogens is 2. The van der Waals surface area contributed by atoms with E-state index < -0.39 is 0 Å². The van der Waals surface area contributed by atoms with Crippen LogP contribution >= 0.6 is 24.8 Å². The van der Waals surface area contributed by atoms with E-state index in [-0.39, 0.29) is 42.7 Å². The molecule has 2 unspecified atom stereocenters. The molecule has 2 fully saturated rings. The van der Waals surface area contributed by atoms with Gasteiger partial charge in [0.25, 0.3) is 0 Å². The van der Waals surface area contributed by atoms with Crippen LogP contribution in [-0.2, 0) is 16.1 Å². The molecular weight excluding hydrogens is 349 g/mol. The highest BCUT2D eigenvalue weighted by atomic mass is 35.5. The van der Waals surface area contributed by atoms with Crippen molar-refractivity contribution >= 4 is 36.4 Å². The highest BCUT2D eigenvalue weighted by Crippen LogP contribution is 2.26. The normalized spacial score (nSPS) is 23.9. The maximum atomic E-state index is 12.4. The minimum Gasteiger partial charge on any atom is -0.379 e. The Hall–Kier alpha value is -0.850. The predicted octanol–water partition coefficient (Wildman–Crippen LogP) is 2.43. The molecule has 136 valence electrons. The van der Waals surface area contributed by atoms with Crippen molar-refractivity contribution in [1.82, 2.24) is 4.90 Å². The molecule has 1 heterocycles. The molecule has 1 saturated carbocycles. The van der Waals surface area contributed by atoms with Crippen LogP contribution in [0.1, 0.15) is 24.8 Å². The van der Waals surface area contributed by atoms with Crippen molar-refractivity contribution in [3.8, 4) is 0 Å². The number of nitrogens with zero attached hydrogens (tertiary/aromatic N) is 1. The number of benzene rings is 1. The molecule has 1 aliphatic heterocycles. The van der Waals surface area contributed by atoms with Gasteiger partial charge in [0.1, 0.15) is 0 Å². The van der Waals surface area contributed by atoms with E-state index in [0.29, 0.717) is 0 Å². The minimum absolute atomic E-state index is 0. The van der Waals surface area contributed by atoms with Crippen molar-refractivity contribution in [3.05, 3.63) is 29.8 Å². The molecule has 0 aromatic heterocycles. The van der Waals surface area contributed by atoms with Gasteiger partial charge in [-0.2, -0.15) is 0 Å². The van der Waals surface area contributed by atoms with Crippen LogP contribution in [0.5, 0.6) is 0 Å². The number of carbonyl (C=O) groups is 1. The van der Waals surface area contributed by atoms with Gasteiger partial charge in [-0.05, 0) is 30.9 Å². The van der Waals surface area contributed by atoms with Crippen molar-refractivity contribution in [2.24, 2.45) is 11.7 Å². The second-order valence-electron chi connectivity index (χ2n) is 6.30. The van der Waals surface area contributed by atoms with E-state index in [1.54, 1.807) is 0 Å². The Morgan fingerprint density at radius 3 is 2.58 bits per heavy atom. The van der Waals surface area contributed by atoms with E-state index in [0.717, 1.165) is 57.8 Å². The van der Waals surface area contributed by atoms with E-state index in [9.17, 15) is 4.79 Å². The first kappa shape index (κ1) is 21.2. The molecule has 0 radical (unpaired) electrons. The molecule has 1 amide bonds. The fourth-order valence-electron chi connectivity index (χ4n) is 3.27. The molecule has 24 heavy (non-hydrogen) atoms. The molecule has 2 atom stereocenters. The van der Waals surface area contributed by atoms with Crippen molar-refractivity contribution in [2.45, 2.75) is 31.8 Å². The van der Waals surface area contributed by atoms with Crippen LogP contribution in [-0.4, -0.2) is 43.2 Å². The molecule has 7 heteroatoms. The molecule has 2 aliphatic rings. The monoisotopic (exact) mass is 375 g/mol. The summed E-state index contributed by atoms with van der Waals surface area (Å²) in [6.45, 7) is 4.31. The maximum absolute atomic E-state index is 12.4. The van der Waals surface area contributed by atoms with Gasteiger partial charge in [0.15, 0.2) is 0 Å². The molecule has 1 aromatic rings. The molecule has 1 saturated heterocycles. The number of para-hydroxylation sites is 1. The summed E-state index contributed by atoms with van der Waals surface area (Å²) in [7, 11) is 0. The van der Waals surface area contributed by atoms with Gasteiger partial charge < -0.3 is 15.8 Å². The molecule has 0 bridgehead atoms. The summed E-state index contributed by atoms with van der Waals surface area (Å²) in [5, 5.41) is 3.11. The van der Waals surface area contributed by atoms with Crippen LogP contribution in [0.3, 0.4) is 0 Å². The summed E-state index contributed by atoms with van der Waals surface area (Å²) in [6.07, 6.45) is 2.66. The van der Waals surface area contributed by atoms with E-state index in [2.05, 4.69) is 16.3 Å². The summed E-state index contributed by atoms with van der Waals surface area (Å²) >= 11 is 0. The molecule has 1 aliphatic carbocycles. The number of nitrogens with two attached hydrogens (primary N) is 1. The number of hydrogen-bond donors (Lipinski definition) is 2. The first-order chi connectivity index (χ1) is 10.7. The molecule has 1 aromatic carbocycles. The second kappa shape index (κ2) is 10.2. The molecular formula is C17H27Cl2N3O2. The second-order valence-corrected chi connectivity index (χ2v) is 6.30. The quantitative estimate of drug-likeness (QED) is 0.847. The highest BCUT2D eigenvalue weighted by Gasteiger charge is 2.28. The van der Waals surface area contributed by atoms with E-state index in [1.165, 1.54) is 5.56 Å². The highest BCUT2D eigenvalue weighted by molar-refractivity contribution is 5.93. The smallest absolute Gasteiger partial charge is 0.227 e. The maximum Gasteiger partial charge on any atom is 0.227 e. The van der Waals surface area contributed by atoms with Crippen LogP contribution in [0.2, 0.25) is 0 Å². The first-order valence-corrected chi connectivity index (χ1v) is 8.17. The van der Waals surface area contributed by atoms with Crippen LogP contribution in [0.4, 0.5) is 5.69 Å². The Morgan fingerprint density at radius 2 is 1.92 bits per heavy atom. The Bertz CT molecular complexity index is 524. The van der Waals surface area contributed by atoms with Gasteiger partial charge in [-0.3, -0.25) is 9.69 Å². The molecule has 3 N–H and O–H groups in total. The average Bonchev–Trinajstić information content (AvgIpc) is 2.97. The summed E-state index contributed by atoms with van der Waals surface area (Å²) in [5.74, 6) is 0.175. The number of anilines is 1. The lowest BCUT2D eigenvalue weighted by atomic mass is 10.1. The van der Waals surface area contributed by atoms with Gasteiger partial charge in [-0.1, -0.05) is 18.2 Å². The van der Waals surface area contributed by atoms with Crippen molar-refractivity contribution in [2.75, 3.05) is 31.6 Å². The van der Waals surface area contributed by atoms with E-state index in [4.69, 9.17) is 10.5 Å². The average molecular weight is 376 g/mol. The predicted molar refractivity (Wildman–Crippen MR) is 101 cm³/mol. The number of carbonyl (C=O) groups excluding carboxylic acids is 1. The Kier molecular flexibility index (Phi) is 9.02. The zero-order valence-electron chi connectivity index (χ0n) is 13.8. The SMILES string of the molecule is Cl.Cl.NC1CCC(C(=O)Nc2ccccc2CN2CCOCC2)C1. The van der Waals surface area contributed by atoms with Gasteiger partial charge in [0, 0.05) is 37.3 Å². The van der Waals surface area contributed by atoms with E-state index >= 15 is 0 Å². The van der Waals surface area contributed by atoms with Crippen LogP contribution in [0.25, 0.3) is 0 Å². The fourth-order valence-corrected chi connectivity index (χ4v) is 3.27. The summed E-state index contributed by atoms with van der Waals surface area (Å²) in [4.78, 5) is 14.8. The number of ether oxygens (including phenoxy) is 1. The van der Waals surface area contributed by atoms with Crippen molar-refractivity contribution in [3.63, 3.8) is 0 Å².